The fourth-order valence-corrected chi connectivity index (χ4v) is 4.64. The molecule has 1 saturated carbocycles. The SMILES string of the molecule is CC(C)(C)c1cc(-n2c3nc(Nc4cc5c(cc4F)CNCC5)ncc3c(=O)n2C2CC2)ccn1. The molecule has 1 aliphatic heterocycles. The monoisotopic (exact) mass is 473 g/mol. The van der Waals surface area contributed by atoms with Gasteiger partial charge in [-0.25, -0.2) is 18.7 Å². The first-order chi connectivity index (χ1) is 16.8. The summed E-state index contributed by atoms with van der Waals surface area (Å²) in [5, 5.41) is 6.75. The Morgan fingerprint density at radius 2 is 1.97 bits per heavy atom. The molecule has 180 valence electrons. The number of fused-ring (bicyclic) bond motifs is 2. The van der Waals surface area contributed by atoms with E-state index in [-0.39, 0.29) is 28.8 Å². The Morgan fingerprint density at radius 1 is 1.14 bits per heavy atom. The zero-order valence-corrected chi connectivity index (χ0v) is 20.1. The molecule has 35 heavy (non-hydrogen) atoms. The first-order valence-electron chi connectivity index (χ1n) is 12.1. The molecule has 1 fully saturated rings. The molecule has 9 heteroatoms. The summed E-state index contributed by atoms with van der Waals surface area (Å²) in [4.78, 5) is 26.9. The van der Waals surface area contributed by atoms with Crippen molar-refractivity contribution in [2.45, 2.75) is 58.0 Å². The summed E-state index contributed by atoms with van der Waals surface area (Å²) >= 11 is 0. The van der Waals surface area contributed by atoms with E-state index in [2.05, 4.69) is 41.4 Å². The maximum absolute atomic E-state index is 14.8. The van der Waals surface area contributed by atoms with Crippen molar-refractivity contribution in [3.8, 4) is 5.69 Å². The molecule has 6 rings (SSSR count). The fraction of sp³-hybridized carbons (Fsp3) is 0.385. The fourth-order valence-electron chi connectivity index (χ4n) is 4.64. The number of aromatic nitrogens is 5. The third kappa shape index (κ3) is 3.89. The van der Waals surface area contributed by atoms with Crippen LogP contribution in [-0.4, -0.2) is 30.9 Å². The van der Waals surface area contributed by atoms with Gasteiger partial charge in [-0.1, -0.05) is 20.8 Å². The highest BCUT2D eigenvalue weighted by molar-refractivity contribution is 5.77. The predicted molar refractivity (Wildman–Crippen MR) is 133 cm³/mol. The molecule has 0 unspecified atom stereocenters. The lowest BCUT2D eigenvalue weighted by atomic mass is 9.91. The average molecular weight is 474 g/mol. The quantitative estimate of drug-likeness (QED) is 0.463. The van der Waals surface area contributed by atoms with Gasteiger partial charge < -0.3 is 10.6 Å². The molecule has 0 spiro atoms. The van der Waals surface area contributed by atoms with E-state index in [0.29, 0.717) is 23.3 Å². The molecule has 1 aliphatic carbocycles. The van der Waals surface area contributed by atoms with Crippen LogP contribution in [-0.2, 0) is 18.4 Å². The lowest BCUT2D eigenvalue weighted by Crippen LogP contribution is -2.23. The van der Waals surface area contributed by atoms with Crippen LogP contribution in [0.15, 0.2) is 41.5 Å². The van der Waals surface area contributed by atoms with Crippen LogP contribution in [0, 0.1) is 5.82 Å². The Morgan fingerprint density at radius 3 is 2.74 bits per heavy atom. The van der Waals surface area contributed by atoms with Gasteiger partial charge in [-0.15, -0.1) is 0 Å². The Bertz CT molecular complexity index is 1510. The Labute approximate surface area is 202 Å². The largest absolute Gasteiger partial charge is 0.322 e. The van der Waals surface area contributed by atoms with Crippen LogP contribution < -0.4 is 16.2 Å². The topological polar surface area (TPSA) is 89.7 Å². The van der Waals surface area contributed by atoms with Crippen LogP contribution >= 0.6 is 0 Å². The number of rotatable bonds is 4. The molecule has 2 N–H and O–H groups in total. The van der Waals surface area contributed by atoms with Gasteiger partial charge in [-0.05, 0) is 61.2 Å². The highest BCUT2D eigenvalue weighted by Gasteiger charge is 2.31. The summed E-state index contributed by atoms with van der Waals surface area (Å²) in [6, 6.07) is 7.42. The first-order valence-corrected chi connectivity index (χ1v) is 12.1. The number of anilines is 2. The van der Waals surface area contributed by atoms with Gasteiger partial charge in [0, 0.05) is 30.0 Å². The molecule has 0 radical (unpaired) electrons. The third-order valence-electron chi connectivity index (χ3n) is 6.69. The highest BCUT2D eigenvalue weighted by Crippen LogP contribution is 2.36. The van der Waals surface area contributed by atoms with E-state index < -0.39 is 0 Å². The van der Waals surface area contributed by atoms with Crippen LogP contribution in [0.25, 0.3) is 16.7 Å². The first kappa shape index (κ1) is 21.9. The average Bonchev–Trinajstić information content (AvgIpc) is 3.63. The normalized spacial score (nSPS) is 15.9. The van der Waals surface area contributed by atoms with Crippen LogP contribution in [0.5, 0.6) is 0 Å². The van der Waals surface area contributed by atoms with Crippen molar-refractivity contribution in [2.24, 2.45) is 0 Å². The van der Waals surface area contributed by atoms with Crippen LogP contribution in [0.1, 0.15) is 56.5 Å². The van der Waals surface area contributed by atoms with Crippen LogP contribution in [0.2, 0.25) is 0 Å². The second-order valence-electron chi connectivity index (χ2n) is 10.4. The van der Waals surface area contributed by atoms with E-state index in [1.807, 2.05) is 22.9 Å². The lowest BCUT2D eigenvalue weighted by Gasteiger charge is -2.20. The number of hydrogen-bond acceptors (Lipinski definition) is 6. The molecule has 4 heterocycles. The number of hydrogen-bond donors (Lipinski definition) is 2. The number of halogens is 1. The molecular weight excluding hydrogens is 445 g/mol. The Hall–Kier alpha value is -3.59. The van der Waals surface area contributed by atoms with Gasteiger partial charge in [-0.3, -0.25) is 9.78 Å². The van der Waals surface area contributed by atoms with Crippen LogP contribution in [0.3, 0.4) is 0 Å². The van der Waals surface area contributed by atoms with Crippen molar-refractivity contribution < 1.29 is 4.39 Å². The highest BCUT2D eigenvalue weighted by atomic mass is 19.1. The standard InChI is InChI=1S/C26H28FN7O/c1-26(2,3)22-12-18(7-9-29-22)33-23-19(24(35)34(33)17-4-5-17)14-30-25(32-23)31-21-11-15-6-8-28-13-16(15)10-20(21)27/h7,9-12,14,17,28H,4-6,8,13H2,1-3H3,(H,30,31,32). The van der Waals surface area contributed by atoms with E-state index in [4.69, 9.17) is 4.98 Å². The maximum Gasteiger partial charge on any atom is 0.278 e. The number of nitrogens with zero attached hydrogens (tertiary/aromatic N) is 5. The summed E-state index contributed by atoms with van der Waals surface area (Å²) in [5.41, 5.74) is 4.38. The molecule has 2 aliphatic rings. The van der Waals surface area contributed by atoms with Gasteiger partial charge in [0.1, 0.15) is 11.2 Å². The van der Waals surface area contributed by atoms with Gasteiger partial charge in [0.15, 0.2) is 5.65 Å². The second kappa shape index (κ2) is 7.98. The molecular formula is C26H28FN7O. The number of benzene rings is 1. The molecule has 0 atom stereocenters. The number of nitrogens with one attached hydrogen (secondary N) is 2. The van der Waals surface area contributed by atoms with Crippen molar-refractivity contribution in [3.63, 3.8) is 0 Å². The van der Waals surface area contributed by atoms with Gasteiger partial charge in [0.05, 0.1) is 17.4 Å². The van der Waals surface area contributed by atoms with Crippen molar-refractivity contribution in [1.29, 1.82) is 0 Å². The zero-order valence-electron chi connectivity index (χ0n) is 20.1. The van der Waals surface area contributed by atoms with E-state index in [1.165, 1.54) is 6.20 Å². The molecule has 0 amide bonds. The minimum Gasteiger partial charge on any atom is -0.322 e. The lowest BCUT2D eigenvalue weighted by molar-refractivity contribution is 0.549. The van der Waals surface area contributed by atoms with Gasteiger partial charge in [0.25, 0.3) is 5.56 Å². The van der Waals surface area contributed by atoms with Gasteiger partial charge in [0.2, 0.25) is 5.95 Å². The minimum atomic E-state index is -0.354. The Balaban J connectivity index is 1.48. The molecule has 1 aromatic carbocycles. The number of pyridine rings is 1. The maximum atomic E-state index is 14.8. The summed E-state index contributed by atoms with van der Waals surface area (Å²) < 4.78 is 18.5. The summed E-state index contributed by atoms with van der Waals surface area (Å²) in [6.07, 6.45) is 6.03. The van der Waals surface area contributed by atoms with Crippen molar-refractivity contribution >= 4 is 22.7 Å². The Kier molecular flexibility index (Phi) is 5.00. The summed E-state index contributed by atoms with van der Waals surface area (Å²) in [5.74, 6) is -0.106. The second-order valence-corrected chi connectivity index (χ2v) is 10.4. The molecule has 0 saturated heterocycles. The molecule has 0 bridgehead atoms. The minimum absolute atomic E-state index is 0.115. The van der Waals surface area contributed by atoms with Crippen LogP contribution in [0.4, 0.5) is 16.0 Å². The van der Waals surface area contributed by atoms with Crippen molar-refractivity contribution in [2.75, 3.05) is 11.9 Å². The molecule has 4 aromatic rings. The van der Waals surface area contributed by atoms with Crippen molar-refractivity contribution in [1.82, 2.24) is 29.6 Å². The molecule has 3 aromatic heterocycles. The predicted octanol–water partition coefficient (Wildman–Crippen LogP) is 4.14. The van der Waals surface area contributed by atoms with E-state index >= 15 is 0 Å². The molecule has 8 nitrogen and oxygen atoms in total. The van der Waals surface area contributed by atoms with E-state index in [9.17, 15) is 9.18 Å². The smallest absolute Gasteiger partial charge is 0.278 e. The van der Waals surface area contributed by atoms with E-state index in [1.54, 1.807) is 16.9 Å². The summed E-state index contributed by atoms with van der Waals surface area (Å²) in [6.45, 7) is 7.85. The third-order valence-corrected chi connectivity index (χ3v) is 6.69. The summed E-state index contributed by atoms with van der Waals surface area (Å²) in [7, 11) is 0. The van der Waals surface area contributed by atoms with Gasteiger partial charge in [-0.2, -0.15) is 4.98 Å². The van der Waals surface area contributed by atoms with E-state index in [0.717, 1.165) is 48.3 Å². The zero-order chi connectivity index (χ0) is 24.3. The van der Waals surface area contributed by atoms with Crippen molar-refractivity contribution in [3.05, 3.63) is 69.7 Å². The van der Waals surface area contributed by atoms with Gasteiger partial charge >= 0.3 is 0 Å².